The Kier molecular flexibility index (Phi) is 6.77. The van der Waals surface area contributed by atoms with Gasteiger partial charge in [-0.15, -0.1) is 0 Å². The number of ketones is 1. The largest absolute Gasteiger partial charge is 0.466 e. The third-order valence-corrected chi connectivity index (χ3v) is 4.25. The maximum Gasteiger partial charge on any atom is 0.193 e. The Bertz CT molecular complexity index is 656. The summed E-state index contributed by atoms with van der Waals surface area (Å²) in [4.78, 5) is 12.8. The minimum Gasteiger partial charge on any atom is -0.466 e. The third kappa shape index (κ3) is 4.41. The molecule has 2 aromatic carbocycles. The molecule has 0 fully saturated rings. The number of rotatable bonds is 8. The fourth-order valence-corrected chi connectivity index (χ4v) is 2.90. The van der Waals surface area contributed by atoms with E-state index < -0.39 is 0 Å². The van der Waals surface area contributed by atoms with Crippen molar-refractivity contribution in [2.45, 2.75) is 6.42 Å². The van der Waals surface area contributed by atoms with Gasteiger partial charge in [0.05, 0.1) is 11.1 Å². The van der Waals surface area contributed by atoms with Gasteiger partial charge < -0.3 is 14.2 Å². The van der Waals surface area contributed by atoms with Gasteiger partial charge in [-0.25, -0.2) is 0 Å². The van der Waals surface area contributed by atoms with Crippen LogP contribution >= 0.6 is 15.9 Å². The number of benzene rings is 2. The van der Waals surface area contributed by atoms with Gasteiger partial charge >= 0.3 is 0 Å². The normalized spacial score (nSPS) is 10.6. The predicted molar refractivity (Wildman–Crippen MR) is 92.1 cm³/mol. The van der Waals surface area contributed by atoms with E-state index in [2.05, 4.69) is 15.9 Å². The van der Waals surface area contributed by atoms with Crippen molar-refractivity contribution in [3.63, 3.8) is 0 Å². The molecule has 0 radical (unpaired) electrons. The van der Waals surface area contributed by atoms with Gasteiger partial charge in [0.2, 0.25) is 0 Å². The smallest absolute Gasteiger partial charge is 0.193 e. The molecule has 0 saturated carbocycles. The maximum absolute atomic E-state index is 12.8. The highest BCUT2D eigenvalue weighted by Crippen LogP contribution is 2.33. The Morgan fingerprint density at radius 3 is 2.43 bits per heavy atom. The van der Waals surface area contributed by atoms with Crippen molar-refractivity contribution in [3.05, 3.63) is 63.6 Å². The van der Waals surface area contributed by atoms with Crippen molar-refractivity contribution in [2.24, 2.45) is 0 Å². The van der Waals surface area contributed by atoms with Crippen LogP contribution < -0.4 is 4.74 Å². The number of halogens is 1. The van der Waals surface area contributed by atoms with Crippen molar-refractivity contribution in [1.29, 1.82) is 0 Å². The van der Waals surface area contributed by atoms with Crippen molar-refractivity contribution in [1.82, 2.24) is 0 Å². The monoisotopic (exact) mass is 378 g/mol. The fraction of sp³-hybridized carbons (Fsp3) is 0.278. The van der Waals surface area contributed by atoms with Crippen LogP contribution in [0.4, 0.5) is 0 Å². The highest BCUT2D eigenvalue weighted by Gasteiger charge is 2.18. The van der Waals surface area contributed by atoms with Gasteiger partial charge in [0.25, 0.3) is 0 Å². The fourth-order valence-electron chi connectivity index (χ4n) is 2.24. The minimum absolute atomic E-state index is 0.0179. The van der Waals surface area contributed by atoms with Gasteiger partial charge in [-0.2, -0.15) is 0 Å². The molecule has 2 aromatic rings. The Labute approximate surface area is 144 Å². The van der Waals surface area contributed by atoms with Crippen LogP contribution in [0.3, 0.4) is 0 Å². The van der Waals surface area contributed by atoms with Crippen LogP contribution in [0.2, 0.25) is 0 Å². The Hall–Kier alpha value is -1.69. The van der Waals surface area contributed by atoms with Crippen molar-refractivity contribution < 1.29 is 19.0 Å². The van der Waals surface area contributed by atoms with Crippen molar-refractivity contribution >= 4 is 21.7 Å². The van der Waals surface area contributed by atoms with Gasteiger partial charge in [-0.1, -0.05) is 30.3 Å². The molecule has 0 aromatic heterocycles. The molecule has 0 atom stereocenters. The van der Waals surface area contributed by atoms with Crippen LogP contribution in [-0.4, -0.2) is 33.4 Å². The lowest BCUT2D eigenvalue weighted by Crippen LogP contribution is -2.10. The standard InChI is InChI=1S/C18H19BrO4/c1-21-11-10-14-15(18(20)13-6-4-3-5-7-13)8-9-16(17(14)19)23-12-22-2/h3-9H,10-12H2,1-2H3. The average Bonchev–Trinajstić information content (AvgIpc) is 2.59. The van der Waals surface area contributed by atoms with Crippen LogP contribution in [0, 0.1) is 0 Å². The lowest BCUT2D eigenvalue weighted by molar-refractivity contribution is 0.0505. The third-order valence-electron chi connectivity index (χ3n) is 3.38. The van der Waals surface area contributed by atoms with Crippen LogP contribution in [0.25, 0.3) is 0 Å². The lowest BCUT2D eigenvalue weighted by atomic mass is 9.96. The van der Waals surface area contributed by atoms with E-state index >= 15 is 0 Å². The van der Waals surface area contributed by atoms with E-state index in [0.717, 1.165) is 10.0 Å². The number of hydrogen-bond acceptors (Lipinski definition) is 4. The van der Waals surface area contributed by atoms with E-state index in [1.165, 1.54) is 0 Å². The predicted octanol–water partition coefficient (Wildman–Crippen LogP) is 3.85. The zero-order valence-corrected chi connectivity index (χ0v) is 14.8. The lowest BCUT2D eigenvalue weighted by Gasteiger charge is -2.15. The van der Waals surface area contributed by atoms with Gasteiger partial charge in [0.15, 0.2) is 12.6 Å². The second-order valence-corrected chi connectivity index (χ2v) is 5.69. The first-order valence-electron chi connectivity index (χ1n) is 7.20. The highest BCUT2D eigenvalue weighted by atomic mass is 79.9. The molecule has 0 aliphatic heterocycles. The molecule has 0 N–H and O–H groups in total. The van der Waals surface area contributed by atoms with Crippen LogP contribution in [0.1, 0.15) is 21.5 Å². The van der Waals surface area contributed by atoms with E-state index in [1.807, 2.05) is 30.3 Å². The summed E-state index contributed by atoms with van der Waals surface area (Å²) in [5.74, 6) is 0.623. The molecule has 0 spiro atoms. The Balaban J connectivity index is 2.41. The molecule has 0 aliphatic carbocycles. The molecular formula is C18H19BrO4. The van der Waals surface area contributed by atoms with E-state index in [4.69, 9.17) is 14.2 Å². The van der Waals surface area contributed by atoms with E-state index in [1.54, 1.807) is 26.4 Å². The number of hydrogen-bond donors (Lipinski definition) is 0. The molecule has 23 heavy (non-hydrogen) atoms. The molecule has 0 bridgehead atoms. The summed E-state index contributed by atoms with van der Waals surface area (Å²) >= 11 is 3.55. The quantitative estimate of drug-likeness (QED) is 0.516. The van der Waals surface area contributed by atoms with Crippen LogP contribution in [0.15, 0.2) is 46.9 Å². The van der Waals surface area contributed by atoms with E-state index in [0.29, 0.717) is 29.9 Å². The first-order valence-corrected chi connectivity index (χ1v) is 8.00. The van der Waals surface area contributed by atoms with Gasteiger partial charge in [0.1, 0.15) is 5.75 Å². The summed E-state index contributed by atoms with van der Waals surface area (Å²) < 4.78 is 16.4. The highest BCUT2D eigenvalue weighted by molar-refractivity contribution is 9.10. The zero-order chi connectivity index (χ0) is 16.7. The molecule has 122 valence electrons. The van der Waals surface area contributed by atoms with E-state index in [9.17, 15) is 4.79 Å². The topological polar surface area (TPSA) is 44.8 Å². The van der Waals surface area contributed by atoms with Gasteiger partial charge in [0, 0.05) is 25.3 Å². The second-order valence-electron chi connectivity index (χ2n) is 4.89. The minimum atomic E-state index is -0.0179. The first-order chi connectivity index (χ1) is 11.2. The Morgan fingerprint density at radius 2 is 1.78 bits per heavy atom. The number of carbonyl (C=O) groups is 1. The van der Waals surface area contributed by atoms with Crippen molar-refractivity contribution in [2.75, 3.05) is 27.6 Å². The van der Waals surface area contributed by atoms with Gasteiger partial charge in [-0.05, 0) is 40.0 Å². The van der Waals surface area contributed by atoms with Crippen LogP contribution in [0.5, 0.6) is 5.75 Å². The number of methoxy groups -OCH3 is 2. The zero-order valence-electron chi connectivity index (χ0n) is 13.2. The van der Waals surface area contributed by atoms with E-state index in [-0.39, 0.29) is 12.6 Å². The molecule has 0 unspecified atom stereocenters. The molecular weight excluding hydrogens is 360 g/mol. The summed E-state index contributed by atoms with van der Waals surface area (Å²) in [6.45, 7) is 0.662. The molecule has 0 heterocycles. The van der Waals surface area contributed by atoms with Crippen molar-refractivity contribution in [3.8, 4) is 5.75 Å². The van der Waals surface area contributed by atoms with Gasteiger partial charge in [-0.3, -0.25) is 4.79 Å². The first kappa shape index (κ1) is 17.7. The summed E-state index contributed by atoms with van der Waals surface area (Å²) in [7, 11) is 3.20. The molecule has 2 rings (SSSR count). The second kappa shape index (κ2) is 8.82. The molecule has 4 nitrogen and oxygen atoms in total. The maximum atomic E-state index is 12.8. The Morgan fingerprint density at radius 1 is 1.04 bits per heavy atom. The number of carbonyl (C=O) groups excluding carboxylic acids is 1. The summed E-state index contributed by atoms with van der Waals surface area (Å²) in [6, 6.07) is 12.8. The molecule has 0 saturated heterocycles. The molecule has 5 heteroatoms. The SMILES string of the molecule is COCCc1c(C(=O)c2ccccc2)ccc(OCOC)c1Br. The number of ether oxygens (including phenoxy) is 3. The van der Waals surface area contributed by atoms with Crippen LogP contribution in [-0.2, 0) is 15.9 Å². The summed E-state index contributed by atoms with van der Waals surface area (Å²) in [6.07, 6.45) is 0.606. The summed E-state index contributed by atoms with van der Waals surface area (Å²) in [5, 5.41) is 0. The average molecular weight is 379 g/mol. The molecule has 0 amide bonds. The molecule has 0 aliphatic rings. The summed E-state index contributed by atoms with van der Waals surface area (Å²) in [5.41, 5.74) is 2.17.